The summed E-state index contributed by atoms with van der Waals surface area (Å²) in [6, 6.07) is 0. The van der Waals surface area contributed by atoms with Crippen molar-refractivity contribution in [2.45, 2.75) is 380 Å². The van der Waals surface area contributed by atoms with Gasteiger partial charge in [-0.2, -0.15) is 0 Å². The standard InChI is InChI=1S/C74H134O6/c1-4-7-10-13-16-19-22-25-28-31-34-35-36-37-38-39-41-43-46-49-52-55-58-61-64-67-73(76)79-70-71(69-78-72(75)66-63-60-57-54-51-48-45-42-33-30-27-24-21-18-15-12-9-6-3)80-74(77)68-65-62-59-56-53-50-47-44-40-32-29-26-23-20-17-14-11-8-5-2/h7,10,16,19,25,28,30,33-35,71H,4-6,8-9,11-15,17-18,20-24,26-27,29,31-32,36-70H2,1-3H3/b10-7-,19-16-,28-25-,33-30-,35-34-. The lowest BCUT2D eigenvalue weighted by atomic mass is 10.0. The zero-order valence-corrected chi connectivity index (χ0v) is 53.6. The summed E-state index contributed by atoms with van der Waals surface area (Å²) in [6.07, 6.45) is 88.1. The zero-order chi connectivity index (χ0) is 57.8. The number of carbonyl (C=O) groups excluding carboxylic acids is 3. The number of ether oxygens (including phenoxy) is 3. The number of esters is 3. The van der Waals surface area contributed by atoms with Crippen molar-refractivity contribution in [2.24, 2.45) is 0 Å². The van der Waals surface area contributed by atoms with Gasteiger partial charge in [-0.25, -0.2) is 0 Å². The Kier molecular flexibility index (Phi) is 66.1. The van der Waals surface area contributed by atoms with Crippen molar-refractivity contribution in [3.63, 3.8) is 0 Å². The van der Waals surface area contributed by atoms with Crippen molar-refractivity contribution < 1.29 is 28.6 Å². The van der Waals surface area contributed by atoms with Gasteiger partial charge < -0.3 is 14.2 Å². The Morgan fingerprint density at radius 2 is 0.487 bits per heavy atom. The molecule has 0 saturated carbocycles. The van der Waals surface area contributed by atoms with E-state index < -0.39 is 6.10 Å². The number of rotatable bonds is 65. The molecule has 0 fully saturated rings. The molecule has 0 rings (SSSR count). The molecule has 0 aliphatic heterocycles. The van der Waals surface area contributed by atoms with Gasteiger partial charge in [0.1, 0.15) is 13.2 Å². The van der Waals surface area contributed by atoms with Crippen LogP contribution >= 0.6 is 0 Å². The molecule has 0 spiro atoms. The molecule has 0 bridgehead atoms. The first-order valence-electron chi connectivity index (χ1n) is 35.3. The molecular weight excluding hydrogens is 985 g/mol. The highest BCUT2D eigenvalue weighted by atomic mass is 16.6. The van der Waals surface area contributed by atoms with Gasteiger partial charge in [-0.05, 0) is 83.5 Å². The Morgan fingerprint density at radius 1 is 0.263 bits per heavy atom. The number of carbonyl (C=O) groups is 3. The number of hydrogen-bond acceptors (Lipinski definition) is 6. The fourth-order valence-corrected chi connectivity index (χ4v) is 10.5. The summed E-state index contributed by atoms with van der Waals surface area (Å²) in [5.74, 6) is -0.851. The van der Waals surface area contributed by atoms with Gasteiger partial charge in [0.15, 0.2) is 6.10 Å². The monoisotopic (exact) mass is 1120 g/mol. The normalized spacial score (nSPS) is 12.4. The van der Waals surface area contributed by atoms with E-state index in [9.17, 15) is 14.4 Å². The lowest BCUT2D eigenvalue weighted by Crippen LogP contribution is -2.30. The second-order valence-corrected chi connectivity index (χ2v) is 23.8. The van der Waals surface area contributed by atoms with E-state index in [4.69, 9.17) is 14.2 Å². The average Bonchev–Trinajstić information content (AvgIpc) is 3.46. The summed E-state index contributed by atoms with van der Waals surface area (Å²) in [5, 5.41) is 0. The minimum Gasteiger partial charge on any atom is -0.462 e. The molecule has 0 heterocycles. The Morgan fingerprint density at radius 3 is 0.775 bits per heavy atom. The van der Waals surface area contributed by atoms with E-state index in [0.717, 1.165) is 83.5 Å². The van der Waals surface area contributed by atoms with Crippen LogP contribution in [0.1, 0.15) is 374 Å². The topological polar surface area (TPSA) is 78.9 Å². The molecule has 80 heavy (non-hydrogen) atoms. The predicted octanol–water partition coefficient (Wildman–Crippen LogP) is 24.3. The van der Waals surface area contributed by atoms with Crippen LogP contribution in [0.4, 0.5) is 0 Å². The van der Waals surface area contributed by atoms with Gasteiger partial charge >= 0.3 is 17.9 Å². The third-order valence-electron chi connectivity index (χ3n) is 15.8. The highest BCUT2D eigenvalue weighted by Gasteiger charge is 2.19. The van der Waals surface area contributed by atoms with Gasteiger partial charge in [-0.1, -0.05) is 332 Å². The number of unbranched alkanes of at least 4 members (excludes halogenated alkanes) is 44. The van der Waals surface area contributed by atoms with Crippen LogP contribution in [-0.2, 0) is 28.6 Å². The van der Waals surface area contributed by atoms with Gasteiger partial charge in [0.2, 0.25) is 0 Å². The van der Waals surface area contributed by atoms with Crippen LogP contribution in [0.25, 0.3) is 0 Å². The highest BCUT2D eigenvalue weighted by molar-refractivity contribution is 5.71. The molecule has 1 atom stereocenters. The summed E-state index contributed by atoms with van der Waals surface area (Å²) in [5.41, 5.74) is 0. The molecule has 0 aliphatic rings. The number of hydrogen-bond donors (Lipinski definition) is 0. The first-order valence-corrected chi connectivity index (χ1v) is 35.3. The molecule has 6 heteroatoms. The maximum Gasteiger partial charge on any atom is 0.306 e. The van der Waals surface area contributed by atoms with E-state index in [1.165, 1.54) is 250 Å². The first-order chi connectivity index (χ1) is 39.5. The Bertz CT molecular complexity index is 1430. The van der Waals surface area contributed by atoms with Crippen LogP contribution in [0.5, 0.6) is 0 Å². The lowest BCUT2D eigenvalue weighted by Gasteiger charge is -2.18. The van der Waals surface area contributed by atoms with Crippen LogP contribution in [0.15, 0.2) is 60.8 Å². The fraction of sp³-hybridized carbons (Fsp3) is 0.824. The van der Waals surface area contributed by atoms with E-state index >= 15 is 0 Å². The first kappa shape index (κ1) is 77.1. The molecular formula is C74H134O6. The quantitative estimate of drug-likeness (QED) is 0.0261. The smallest absolute Gasteiger partial charge is 0.306 e. The third-order valence-corrected chi connectivity index (χ3v) is 15.8. The van der Waals surface area contributed by atoms with Crippen LogP contribution in [0.2, 0.25) is 0 Å². The van der Waals surface area contributed by atoms with E-state index in [2.05, 4.69) is 81.5 Å². The van der Waals surface area contributed by atoms with Crippen LogP contribution in [-0.4, -0.2) is 37.2 Å². The van der Waals surface area contributed by atoms with Gasteiger partial charge in [0, 0.05) is 19.3 Å². The lowest BCUT2D eigenvalue weighted by molar-refractivity contribution is -0.167. The van der Waals surface area contributed by atoms with Crippen molar-refractivity contribution in [2.75, 3.05) is 13.2 Å². The van der Waals surface area contributed by atoms with Crippen molar-refractivity contribution >= 4 is 17.9 Å². The second kappa shape index (κ2) is 68.6. The van der Waals surface area contributed by atoms with Gasteiger partial charge in [0.25, 0.3) is 0 Å². The van der Waals surface area contributed by atoms with Gasteiger partial charge in [-0.15, -0.1) is 0 Å². The Hall–Kier alpha value is -2.89. The van der Waals surface area contributed by atoms with Gasteiger partial charge in [-0.3, -0.25) is 14.4 Å². The second-order valence-electron chi connectivity index (χ2n) is 23.8. The molecule has 0 aromatic carbocycles. The number of allylic oxidation sites excluding steroid dienone is 10. The van der Waals surface area contributed by atoms with Gasteiger partial charge in [0.05, 0.1) is 0 Å². The Balaban J connectivity index is 4.31. The summed E-state index contributed by atoms with van der Waals surface area (Å²) < 4.78 is 17.0. The maximum absolute atomic E-state index is 13.0. The van der Waals surface area contributed by atoms with E-state index in [1.54, 1.807) is 0 Å². The molecule has 1 unspecified atom stereocenters. The maximum atomic E-state index is 13.0. The minimum atomic E-state index is -0.776. The summed E-state index contributed by atoms with van der Waals surface area (Å²) >= 11 is 0. The summed E-state index contributed by atoms with van der Waals surface area (Å²) in [4.78, 5) is 38.5. The molecule has 0 aromatic rings. The molecule has 6 nitrogen and oxygen atoms in total. The molecule has 0 aromatic heterocycles. The van der Waals surface area contributed by atoms with Crippen molar-refractivity contribution in [3.8, 4) is 0 Å². The largest absolute Gasteiger partial charge is 0.462 e. The molecule has 0 aliphatic carbocycles. The predicted molar refractivity (Wildman–Crippen MR) is 348 cm³/mol. The molecule has 0 radical (unpaired) electrons. The highest BCUT2D eigenvalue weighted by Crippen LogP contribution is 2.18. The summed E-state index contributed by atoms with van der Waals surface area (Å²) in [7, 11) is 0. The van der Waals surface area contributed by atoms with Crippen molar-refractivity contribution in [3.05, 3.63) is 60.8 Å². The van der Waals surface area contributed by atoms with E-state index in [1.807, 2.05) is 0 Å². The zero-order valence-electron chi connectivity index (χ0n) is 53.6. The minimum absolute atomic E-state index is 0.0721. The SMILES string of the molecule is CC/C=C\C/C=C\C/C=C\C/C=C\CCCCCCCCCCCCCCC(=O)OCC(COC(=O)CCCCCCCCC/C=C\CCCCCCCCC)OC(=O)CCCCCCCCCCCCCCCCCCCCC. The van der Waals surface area contributed by atoms with E-state index in [-0.39, 0.29) is 31.1 Å². The molecule has 0 N–H and O–H groups in total. The van der Waals surface area contributed by atoms with Crippen LogP contribution in [0.3, 0.4) is 0 Å². The molecule has 0 amide bonds. The Labute approximate surface area is 498 Å². The average molecular weight is 1120 g/mol. The van der Waals surface area contributed by atoms with Crippen molar-refractivity contribution in [1.29, 1.82) is 0 Å². The fourth-order valence-electron chi connectivity index (χ4n) is 10.5. The molecule has 466 valence electrons. The van der Waals surface area contributed by atoms with E-state index in [0.29, 0.717) is 19.3 Å². The van der Waals surface area contributed by atoms with Crippen LogP contribution < -0.4 is 0 Å². The van der Waals surface area contributed by atoms with Crippen molar-refractivity contribution in [1.82, 2.24) is 0 Å². The summed E-state index contributed by atoms with van der Waals surface area (Å²) in [6.45, 7) is 6.59. The third kappa shape index (κ3) is 65.9. The molecule has 0 saturated heterocycles. The van der Waals surface area contributed by atoms with Crippen LogP contribution in [0, 0.1) is 0 Å².